The second kappa shape index (κ2) is 10.4. The Labute approximate surface area is 188 Å². The maximum absolute atomic E-state index is 13.2. The summed E-state index contributed by atoms with van der Waals surface area (Å²) in [5, 5.41) is 9.79. The van der Waals surface area contributed by atoms with E-state index >= 15 is 0 Å². The molecule has 0 saturated heterocycles. The van der Waals surface area contributed by atoms with E-state index in [-0.39, 0.29) is 17.5 Å². The molecule has 9 nitrogen and oxygen atoms in total. The third-order valence-corrected chi connectivity index (χ3v) is 5.54. The third kappa shape index (κ3) is 5.73. The summed E-state index contributed by atoms with van der Waals surface area (Å²) in [7, 11) is 3.84. The third-order valence-electron chi connectivity index (χ3n) is 5.54. The molecule has 1 unspecified atom stereocenters. The molecule has 1 aliphatic heterocycles. The fourth-order valence-electron chi connectivity index (χ4n) is 3.58. The van der Waals surface area contributed by atoms with Crippen LogP contribution in [-0.4, -0.2) is 77.1 Å². The van der Waals surface area contributed by atoms with Gasteiger partial charge in [-0.25, -0.2) is 0 Å². The fourth-order valence-corrected chi connectivity index (χ4v) is 3.58. The Morgan fingerprint density at radius 1 is 1.22 bits per heavy atom. The van der Waals surface area contributed by atoms with Crippen LogP contribution in [0, 0.1) is 6.92 Å². The molecule has 3 amide bonds. The Hall–Kier alpha value is -3.20. The molecule has 9 heteroatoms. The largest absolute Gasteiger partial charge is 0.353 e. The van der Waals surface area contributed by atoms with E-state index < -0.39 is 11.9 Å². The van der Waals surface area contributed by atoms with E-state index in [0.29, 0.717) is 38.4 Å². The molecule has 32 heavy (non-hydrogen) atoms. The van der Waals surface area contributed by atoms with Gasteiger partial charge in [0, 0.05) is 38.8 Å². The zero-order valence-electron chi connectivity index (χ0n) is 19.2. The number of aryl methyl sites for hydroxylation is 2. The highest BCUT2D eigenvalue weighted by atomic mass is 16.2. The number of hydrogen-bond acceptors (Lipinski definition) is 5. The van der Waals surface area contributed by atoms with Crippen LogP contribution < -0.4 is 10.6 Å². The SMILES string of the molecule is Cc1ccccc1CN1CCCn2nc(C(=O)NC(C)C(=O)NCCN(C)C)cc2C1=O. The summed E-state index contributed by atoms with van der Waals surface area (Å²) in [6.45, 7) is 6.56. The van der Waals surface area contributed by atoms with Gasteiger partial charge in [-0.15, -0.1) is 0 Å². The van der Waals surface area contributed by atoms with E-state index in [2.05, 4.69) is 15.7 Å². The Morgan fingerprint density at radius 2 is 1.97 bits per heavy atom. The minimum atomic E-state index is -0.709. The minimum absolute atomic E-state index is 0.138. The quantitative estimate of drug-likeness (QED) is 0.639. The van der Waals surface area contributed by atoms with Crippen LogP contribution in [0.2, 0.25) is 0 Å². The highest BCUT2D eigenvalue weighted by Crippen LogP contribution is 2.18. The van der Waals surface area contributed by atoms with Crippen LogP contribution in [0.1, 0.15) is 45.4 Å². The van der Waals surface area contributed by atoms with Gasteiger partial charge in [-0.05, 0) is 45.5 Å². The van der Waals surface area contributed by atoms with Crippen molar-refractivity contribution in [1.29, 1.82) is 0 Å². The number of aromatic nitrogens is 2. The summed E-state index contributed by atoms with van der Waals surface area (Å²) in [6.07, 6.45) is 0.748. The number of benzene rings is 1. The maximum atomic E-state index is 13.2. The average molecular weight is 441 g/mol. The molecule has 2 heterocycles. The topological polar surface area (TPSA) is 99.6 Å². The zero-order valence-corrected chi connectivity index (χ0v) is 19.2. The number of rotatable bonds is 8. The van der Waals surface area contributed by atoms with Gasteiger partial charge in [0.15, 0.2) is 5.69 Å². The van der Waals surface area contributed by atoms with Crippen LogP contribution in [0.3, 0.4) is 0 Å². The molecular formula is C23H32N6O3. The minimum Gasteiger partial charge on any atom is -0.353 e. The number of nitrogens with zero attached hydrogens (tertiary/aromatic N) is 4. The summed E-state index contributed by atoms with van der Waals surface area (Å²) in [5.41, 5.74) is 2.76. The zero-order chi connectivity index (χ0) is 23.3. The van der Waals surface area contributed by atoms with Crippen LogP contribution >= 0.6 is 0 Å². The van der Waals surface area contributed by atoms with Crippen molar-refractivity contribution < 1.29 is 14.4 Å². The lowest BCUT2D eigenvalue weighted by Crippen LogP contribution is -2.46. The second-order valence-electron chi connectivity index (χ2n) is 8.43. The van der Waals surface area contributed by atoms with Gasteiger partial charge in [0.1, 0.15) is 11.7 Å². The number of likely N-dealkylation sites (N-methyl/N-ethyl adjacent to an activating group) is 1. The standard InChI is InChI=1S/C23H32N6O3/c1-16-8-5-6-9-18(16)15-28-11-7-12-29-20(23(28)32)14-19(26-29)22(31)25-17(2)21(30)24-10-13-27(3)4/h5-6,8-9,14,17H,7,10-13,15H2,1-4H3,(H,24,30)(H,25,31). The lowest BCUT2D eigenvalue weighted by atomic mass is 10.1. The Kier molecular flexibility index (Phi) is 7.63. The van der Waals surface area contributed by atoms with Crippen LogP contribution in [0.5, 0.6) is 0 Å². The van der Waals surface area contributed by atoms with Gasteiger partial charge in [-0.1, -0.05) is 24.3 Å². The van der Waals surface area contributed by atoms with Gasteiger partial charge >= 0.3 is 0 Å². The molecule has 2 aromatic rings. The first kappa shape index (κ1) is 23.5. The van der Waals surface area contributed by atoms with E-state index in [4.69, 9.17) is 0 Å². The van der Waals surface area contributed by atoms with Gasteiger partial charge in [0.05, 0.1) is 0 Å². The molecule has 1 aromatic heterocycles. The summed E-state index contributed by atoms with van der Waals surface area (Å²) < 4.78 is 1.59. The lowest BCUT2D eigenvalue weighted by molar-refractivity contribution is -0.122. The Bertz CT molecular complexity index is 984. The monoisotopic (exact) mass is 440 g/mol. The van der Waals surface area contributed by atoms with Crippen molar-refractivity contribution in [2.24, 2.45) is 0 Å². The molecule has 1 aromatic carbocycles. The Morgan fingerprint density at radius 3 is 2.69 bits per heavy atom. The van der Waals surface area contributed by atoms with Crippen molar-refractivity contribution in [2.75, 3.05) is 33.7 Å². The van der Waals surface area contributed by atoms with Crippen molar-refractivity contribution in [1.82, 2.24) is 30.2 Å². The molecule has 1 atom stereocenters. The van der Waals surface area contributed by atoms with E-state index in [0.717, 1.165) is 17.5 Å². The number of fused-ring (bicyclic) bond motifs is 1. The molecule has 0 aliphatic carbocycles. The highest BCUT2D eigenvalue weighted by Gasteiger charge is 2.27. The van der Waals surface area contributed by atoms with Gasteiger partial charge in [0.2, 0.25) is 5.91 Å². The number of carbonyl (C=O) groups excluding carboxylic acids is 3. The number of hydrogen-bond donors (Lipinski definition) is 2. The first-order chi connectivity index (χ1) is 15.3. The van der Waals surface area contributed by atoms with Crippen LogP contribution in [-0.2, 0) is 17.9 Å². The summed E-state index contributed by atoms with van der Waals surface area (Å²) in [5.74, 6) is -0.882. The summed E-state index contributed by atoms with van der Waals surface area (Å²) >= 11 is 0. The van der Waals surface area contributed by atoms with E-state index in [1.807, 2.05) is 50.2 Å². The average Bonchev–Trinajstić information content (AvgIpc) is 3.12. The molecule has 0 fully saturated rings. The smallest absolute Gasteiger partial charge is 0.272 e. The lowest BCUT2D eigenvalue weighted by Gasteiger charge is -2.21. The van der Waals surface area contributed by atoms with Crippen molar-refractivity contribution in [3.63, 3.8) is 0 Å². The van der Waals surface area contributed by atoms with E-state index in [1.54, 1.807) is 16.5 Å². The van der Waals surface area contributed by atoms with Crippen molar-refractivity contribution in [2.45, 2.75) is 39.4 Å². The molecule has 3 rings (SSSR count). The predicted octanol–water partition coefficient (Wildman–Crippen LogP) is 1.03. The molecule has 1 aliphatic rings. The molecule has 0 bridgehead atoms. The number of amides is 3. The second-order valence-corrected chi connectivity index (χ2v) is 8.43. The van der Waals surface area contributed by atoms with E-state index in [1.165, 1.54) is 6.07 Å². The normalized spacial score (nSPS) is 14.7. The van der Waals surface area contributed by atoms with Crippen molar-refractivity contribution >= 4 is 17.7 Å². The molecule has 0 radical (unpaired) electrons. The number of carbonyl (C=O) groups is 3. The van der Waals surface area contributed by atoms with Gasteiger partial charge in [-0.2, -0.15) is 5.10 Å². The summed E-state index contributed by atoms with van der Waals surface area (Å²) in [4.78, 5) is 41.8. The highest BCUT2D eigenvalue weighted by molar-refractivity contribution is 5.99. The molecule has 172 valence electrons. The molecule has 0 saturated carbocycles. The van der Waals surface area contributed by atoms with Crippen LogP contribution in [0.15, 0.2) is 30.3 Å². The molecular weight excluding hydrogens is 408 g/mol. The van der Waals surface area contributed by atoms with Crippen molar-refractivity contribution in [3.8, 4) is 0 Å². The first-order valence-corrected chi connectivity index (χ1v) is 10.9. The first-order valence-electron chi connectivity index (χ1n) is 10.9. The summed E-state index contributed by atoms with van der Waals surface area (Å²) in [6, 6.07) is 8.81. The van der Waals surface area contributed by atoms with Gasteiger partial charge < -0.3 is 20.4 Å². The van der Waals surface area contributed by atoms with Crippen molar-refractivity contribution in [3.05, 3.63) is 52.8 Å². The molecule has 2 N–H and O–H groups in total. The Balaban J connectivity index is 1.66. The van der Waals surface area contributed by atoms with E-state index in [9.17, 15) is 14.4 Å². The fraction of sp³-hybridized carbons (Fsp3) is 0.478. The van der Waals surface area contributed by atoms with Gasteiger partial charge in [0.25, 0.3) is 11.8 Å². The maximum Gasteiger partial charge on any atom is 0.272 e. The number of nitrogens with one attached hydrogen (secondary N) is 2. The van der Waals surface area contributed by atoms with Crippen LogP contribution in [0.25, 0.3) is 0 Å². The van der Waals surface area contributed by atoms with Crippen LogP contribution in [0.4, 0.5) is 0 Å². The van der Waals surface area contributed by atoms with Gasteiger partial charge in [-0.3, -0.25) is 19.1 Å². The predicted molar refractivity (Wildman–Crippen MR) is 121 cm³/mol. The molecule has 0 spiro atoms.